The van der Waals surface area contributed by atoms with E-state index in [1.54, 1.807) is 31.9 Å². The minimum Gasteiger partial charge on any atom is -0.492 e. The molecule has 0 saturated heterocycles. The molecule has 0 aliphatic carbocycles. The molecule has 0 unspecified atom stereocenters. The number of hydrogen-bond donors (Lipinski definition) is 0. The summed E-state index contributed by atoms with van der Waals surface area (Å²) in [5, 5.41) is 0.951. The van der Waals surface area contributed by atoms with E-state index in [1.807, 2.05) is 36.4 Å². The maximum atomic E-state index is 11.7. The highest BCUT2D eigenvalue weighted by molar-refractivity contribution is 7.99. The van der Waals surface area contributed by atoms with E-state index in [9.17, 15) is 4.79 Å². The van der Waals surface area contributed by atoms with Gasteiger partial charge in [0.25, 0.3) is 0 Å². The van der Waals surface area contributed by atoms with Crippen molar-refractivity contribution < 1.29 is 14.3 Å². The summed E-state index contributed by atoms with van der Waals surface area (Å²) in [5.74, 6) is 1.38. The Morgan fingerprint density at radius 1 is 1.12 bits per heavy atom. The van der Waals surface area contributed by atoms with Crippen LogP contribution in [0, 0.1) is 0 Å². The fraction of sp³-hybridized carbons (Fsp3) is 0.300. The molecule has 0 aliphatic rings. The third-order valence-corrected chi connectivity index (χ3v) is 4.92. The Morgan fingerprint density at radius 2 is 1.88 bits per heavy atom. The molecule has 0 radical (unpaired) electrons. The average Bonchev–Trinajstić information content (AvgIpc) is 3.01. The Bertz CT molecular complexity index is 892. The number of para-hydroxylation sites is 3. The zero-order valence-corrected chi connectivity index (χ0v) is 15.8. The zero-order chi connectivity index (χ0) is 18.4. The van der Waals surface area contributed by atoms with Crippen molar-refractivity contribution in [3.8, 4) is 5.75 Å². The summed E-state index contributed by atoms with van der Waals surface area (Å²) < 4.78 is 13.2. The molecule has 136 valence electrons. The van der Waals surface area contributed by atoms with E-state index in [4.69, 9.17) is 14.5 Å². The molecule has 6 heteroatoms. The summed E-state index contributed by atoms with van der Waals surface area (Å²) in [7, 11) is 1.70. The van der Waals surface area contributed by atoms with E-state index in [1.165, 1.54) is 0 Å². The number of carbonyl (C=O) groups excluding carboxylic acids is 1. The van der Waals surface area contributed by atoms with Gasteiger partial charge in [-0.3, -0.25) is 4.79 Å². The van der Waals surface area contributed by atoms with E-state index in [-0.39, 0.29) is 5.78 Å². The molecule has 26 heavy (non-hydrogen) atoms. The molecule has 3 rings (SSSR count). The highest BCUT2D eigenvalue weighted by atomic mass is 32.2. The van der Waals surface area contributed by atoms with E-state index in [0.717, 1.165) is 28.5 Å². The topological polar surface area (TPSA) is 53.4 Å². The van der Waals surface area contributed by atoms with Crippen LogP contribution in [-0.2, 0) is 11.3 Å². The first-order chi connectivity index (χ1) is 12.7. The van der Waals surface area contributed by atoms with Gasteiger partial charge in [-0.25, -0.2) is 4.98 Å². The number of ether oxygens (including phenoxy) is 2. The maximum absolute atomic E-state index is 11.7. The van der Waals surface area contributed by atoms with E-state index in [2.05, 4.69) is 10.6 Å². The maximum Gasteiger partial charge on any atom is 0.169 e. The molecule has 5 nitrogen and oxygen atoms in total. The molecule has 0 spiro atoms. The minimum atomic E-state index is 0.00890. The lowest BCUT2D eigenvalue weighted by Crippen LogP contribution is -2.08. The Balaban J connectivity index is 1.66. The largest absolute Gasteiger partial charge is 0.492 e. The molecule has 0 fully saturated rings. The quantitative estimate of drug-likeness (QED) is 0.323. The third kappa shape index (κ3) is 4.26. The Labute approximate surface area is 157 Å². The van der Waals surface area contributed by atoms with Gasteiger partial charge >= 0.3 is 0 Å². The number of imidazole rings is 1. The number of ketones is 1. The molecule has 0 amide bonds. The van der Waals surface area contributed by atoms with Gasteiger partial charge in [0.2, 0.25) is 0 Å². The molecular formula is C20H22N2O3S. The lowest BCUT2D eigenvalue weighted by Gasteiger charge is -2.10. The molecule has 1 heterocycles. The van der Waals surface area contributed by atoms with Gasteiger partial charge < -0.3 is 14.0 Å². The minimum absolute atomic E-state index is 0.00890. The van der Waals surface area contributed by atoms with Crippen LogP contribution in [0.3, 0.4) is 0 Å². The first kappa shape index (κ1) is 18.5. The second-order valence-corrected chi connectivity index (χ2v) is 6.84. The number of rotatable bonds is 9. The SMILES string of the molecule is COCCn1c(SCCOc2ccccc2C(C)=O)nc2ccccc21. The van der Waals surface area contributed by atoms with Gasteiger partial charge in [-0.15, -0.1) is 0 Å². The highest BCUT2D eigenvalue weighted by Crippen LogP contribution is 2.25. The van der Waals surface area contributed by atoms with Crippen molar-refractivity contribution in [3.05, 3.63) is 54.1 Å². The van der Waals surface area contributed by atoms with Gasteiger partial charge in [0.05, 0.1) is 29.8 Å². The molecular weight excluding hydrogens is 348 g/mol. The van der Waals surface area contributed by atoms with Gasteiger partial charge in [0, 0.05) is 19.4 Å². The third-order valence-electron chi connectivity index (χ3n) is 3.98. The van der Waals surface area contributed by atoms with Crippen molar-refractivity contribution in [1.29, 1.82) is 0 Å². The smallest absolute Gasteiger partial charge is 0.169 e. The van der Waals surface area contributed by atoms with Gasteiger partial charge in [-0.1, -0.05) is 36.0 Å². The van der Waals surface area contributed by atoms with E-state index >= 15 is 0 Å². The molecule has 2 aromatic carbocycles. The predicted octanol–water partition coefficient (Wildman–Crippen LogP) is 4.06. The van der Waals surface area contributed by atoms with Crippen LogP contribution in [0.2, 0.25) is 0 Å². The van der Waals surface area contributed by atoms with Crippen LogP contribution in [-0.4, -0.2) is 41.4 Å². The van der Waals surface area contributed by atoms with Crippen LogP contribution in [0.5, 0.6) is 5.75 Å². The summed E-state index contributed by atoms with van der Waals surface area (Å²) >= 11 is 1.64. The summed E-state index contributed by atoms with van der Waals surface area (Å²) in [6.07, 6.45) is 0. The highest BCUT2D eigenvalue weighted by Gasteiger charge is 2.11. The summed E-state index contributed by atoms with van der Waals surface area (Å²) in [6.45, 7) is 3.45. The molecule has 0 atom stereocenters. The summed E-state index contributed by atoms with van der Waals surface area (Å²) in [5.41, 5.74) is 2.70. The summed E-state index contributed by atoms with van der Waals surface area (Å²) in [4.78, 5) is 16.4. The Morgan fingerprint density at radius 3 is 2.69 bits per heavy atom. The number of aromatic nitrogens is 2. The van der Waals surface area contributed by atoms with Crippen LogP contribution < -0.4 is 4.74 Å². The molecule has 0 aliphatic heterocycles. The number of Topliss-reactive ketones (excluding diaryl/α,β-unsaturated/α-hetero) is 1. The first-order valence-corrected chi connectivity index (χ1v) is 9.49. The van der Waals surface area contributed by atoms with Crippen LogP contribution >= 0.6 is 11.8 Å². The lowest BCUT2D eigenvalue weighted by molar-refractivity contribution is 0.101. The first-order valence-electron chi connectivity index (χ1n) is 8.50. The number of benzene rings is 2. The monoisotopic (exact) mass is 370 g/mol. The number of thioether (sulfide) groups is 1. The molecule has 3 aromatic rings. The van der Waals surface area contributed by atoms with Gasteiger partial charge in [-0.05, 0) is 31.2 Å². The van der Waals surface area contributed by atoms with Crippen molar-refractivity contribution in [2.45, 2.75) is 18.6 Å². The van der Waals surface area contributed by atoms with E-state index in [0.29, 0.717) is 24.5 Å². The Hall–Kier alpha value is -2.31. The second kappa shape index (κ2) is 8.87. The van der Waals surface area contributed by atoms with Crippen molar-refractivity contribution in [2.24, 2.45) is 0 Å². The lowest BCUT2D eigenvalue weighted by atomic mass is 10.1. The van der Waals surface area contributed by atoms with Crippen LogP contribution in [0.15, 0.2) is 53.7 Å². The number of carbonyl (C=O) groups is 1. The van der Waals surface area contributed by atoms with E-state index < -0.39 is 0 Å². The fourth-order valence-electron chi connectivity index (χ4n) is 2.73. The molecule has 1 aromatic heterocycles. The predicted molar refractivity (Wildman–Crippen MR) is 104 cm³/mol. The van der Waals surface area contributed by atoms with Crippen molar-refractivity contribution in [3.63, 3.8) is 0 Å². The van der Waals surface area contributed by atoms with Crippen LogP contribution in [0.25, 0.3) is 11.0 Å². The normalized spacial score (nSPS) is 11.0. The van der Waals surface area contributed by atoms with Gasteiger partial charge in [-0.2, -0.15) is 0 Å². The fourth-order valence-corrected chi connectivity index (χ4v) is 3.59. The van der Waals surface area contributed by atoms with Gasteiger partial charge in [0.15, 0.2) is 10.9 Å². The van der Waals surface area contributed by atoms with Crippen molar-refractivity contribution >= 4 is 28.6 Å². The van der Waals surface area contributed by atoms with Crippen LogP contribution in [0.1, 0.15) is 17.3 Å². The van der Waals surface area contributed by atoms with Crippen molar-refractivity contribution in [1.82, 2.24) is 9.55 Å². The molecule has 0 saturated carbocycles. The number of methoxy groups -OCH3 is 1. The van der Waals surface area contributed by atoms with Gasteiger partial charge in [0.1, 0.15) is 5.75 Å². The zero-order valence-electron chi connectivity index (χ0n) is 15.0. The van der Waals surface area contributed by atoms with Crippen molar-refractivity contribution in [2.75, 3.05) is 26.1 Å². The standard InChI is InChI=1S/C20H22N2O3S/c1-15(23)16-7-3-6-10-19(16)25-13-14-26-20-21-17-8-4-5-9-18(17)22(20)11-12-24-2/h3-10H,11-14H2,1-2H3. The number of hydrogen-bond acceptors (Lipinski definition) is 5. The number of fused-ring (bicyclic) bond motifs is 1. The number of nitrogens with zero attached hydrogens (tertiary/aromatic N) is 2. The average molecular weight is 370 g/mol. The Kier molecular flexibility index (Phi) is 6.30. The molecule has 0 N–H and O–H groups in total. The molecule has 0 bridgehead atoms. The van der Waals surface area contributed by atoms with Crippen LogP contribution in [0.4, 0.5) is 0 Å². The second-order valence-electron chi connectivity index (χ2n) is 5.78. The summed E-state index contributed by atoms with van der Waals surface area (Å²) in [6, 6.07) is 15.4.